The zero-order valence-corrected chi connectivity index (χ0v) is 39.0. The van der Waals surface area contributed by atoms with Crippen LogP contribution in [0.3, 0.4) is 0 Å². The van der Waals surface area contributed by atoms with Crippen LogP contribution in [0.25, 0.3) is 22.5 Å². The topological polar surface area (TPSA) is 354 Å². The summed E-state index contributed by atoms with van der Waals surface area (Å²) in [5, 5.41) is 45.0. The van der Waals surface area contributed by atoms with E-state index in [1.165, 1.54) is 43.6 Å². The van der Waals surface area contributed by atoms with E-state index >= 15 is 0 Å². The number of benzene rings is 3. The number of phenols is 1. The molecule has 23 heteroatoms. The number of hydrogen-bond acceptors (Lipinski definition) is 15. The van der Waals surface area contributed by atoms with Crippen LogP contribution in [0.4, 0.5) is 0 Å². The molecule has 366 valence electrons. The molecule has 2 heterocycles. The molecular weight excluding hydrogens is 905 g/mol. The predicted molar refractivity (Wildman–Crippen MR) is 248 cm³/mol. The van der Waals surface area contributed by atoms with Crippen LogP contribution in [0.1, 0.15) is 67.2 Å². The van der Waals surface area contributed by atoms with E-state index in [9.17, 15) is 47.7 Å². The van der Waals surface area contributed by atoms with E-state index in [0.29, 0.717) is 23.4 Å². The summed E-state index contributed by atoms with van der Waals surface area (Å²) in [7, 11) is -3.32. The Morgan fingerprint density at radius 3 is 2.24 bits per heavy atom. The fourth-order valence-corrected chi connectivity index (χ4v) is 7.43. The van der Waals surface area contributed by atoms with Gasteiger partial charge >= 0.3 is 5.97 Å². The Kier molecular flexibility index (Phi) is 17.2. The Bertz CT molecular complexity index is 2590. The highest BCUT2D eigenvalue weighted by Gasteiger charge is 2.37. The number of aromatic hydroxyl groups is 1. The maximum Gasteiger partial charge on any atom is 0.326 e. The molecule has 0 spiro atoms. The lowest BCUT2D eigenvalue weighted by Gasteiger charge is -2.32. The Morgan fingerprint density at radius 2 is 1.63 bits per heavy atom. The summed E-state index contributed by atoms with van der Waals surface area (Å²) in [5.74, 6) is -5.68. The number of hydrogen-bond donors (Lipinski definition) is 10. The van der Waals surface area contributed by atoms with E-state index < -0.39 is 89.0 Å². The van der Waals surface area contributed by atoms with Crippen LogP contribution in [0, 0.1) is 0 Å². The molecule has 22 nitrogen and oxygen atoms in total. The van der Waals surface area contributed by atoms with Gasteiger partial charge in [-0.25, -0.2) is 19.9 Å². The monoisotopic (exact) mass is 962 g/mol. The molecule has 3 aromatic carbocycles. The number of ether oxygens (including phenoxy) is 2. The Hall–Kier alpha value is -6.76. The first-order valence-corrected chi connectivity index (χ1v) is 23.0. The maximum atomic E-state index is 14.7. The molecule has 0 radical (unpaired) electrons. The van der Waals surface area contributed by atoms with Gasteiger partial charge in [0.1, 0.15) is 42.6 Å². The summed E-state index contributed by atoms with van der Waals surface area (Å²) < 4.78 is 38.2. The zero-order valence-electron chi connectivity index (χ0n) is 38.2. The number of aliphatic hydroxyl groups excluding tert-OH is 1. The second kappa shape index (κ2) is 22.4. The van der Waals surface area contributed by atoms with Crippen LogP contribution >= 0.6 is 0 Å². The third kappa shape index (κ3) is 13.4. The molecule has 5 atom stereocenters. The predicted octanol–water partition coefficient (Wildman–Crippen LogP) is -0.0389. The molecule has 5 rings (SSSR count). The number of aromatic nitrogens is 2. The first-order valence-electron chi connectivity index (χ1n) is 21.5. The molecular formula is C45H58N10O12S. The number of amides is 4. The van der Waals surface area contributed by atoms with Crippen LogP contribution in [0.15, 0.2) is 67.0 Å². The summed E-state index contributed by atoms with van der Waals surface area (Å²) in [5.41, 5.74) is 13.3. The van der Waals surface area contributed by atoms with Crippen molar-refractivity contribution in [2.24, 2.45) is 16.6 Å². The Morgan fingerprint density at radius 1 is 0.956 bits per heavy atom. The minimum absolute atomic E-state index is 0.0432. The summed E-state index contributed by atoms with van der Waals surface area (Å²) in [6.45, 7) is 6.37. The van der Waals surface area contributed by atoms with E-state index in [-0.39, 0.29) is 65.3 Å². The van der Waals surface area contributed by atoms with Gasteiger partial charge in [0, 0.05) is 55.6 Å². The number of aliphatic hydroxyl groups is 1. The summed E-state index contributed by atoms with van der Waals surface area (Å²) in [6, 6.07) is 8.21. The molecule has 1 aromatic heterocycles. The van der Waals surface area contributed by atoms with Crippen molar-refractivity contribution >= 4 is 39.8 Å². The second-order valence-electron chi connectivity index (χ2n) is 17.2. The van der Waals surface area contributed by atoms with Gasteiger partial charge in [0.25, 0.3) is 16.1 Å². The van der Waals surface area contributed by atoms with Gasteiger partial charge < -0.3 is 57.1 Å². The fraction of sp³-hybridized carbons (Fsp3) is 0.400. The largest absolute Gasteiger partial charge is 0.504 e. The van der Waals surface area contributed by atoms with E-state index in [1.54, 1.807) is 6.07 Å². The maximum absolute atomic E-state index is 14.7. The van der Waals surface area contributed by atoms with Gasteiger partial charge in [-0.05, 0) is 66.3 Å². The Balaban J connectivity index is 1.62. The van der Waals surface area contributed by atoms with Crippen molar-refractivity contribution < 1.29 is 57.2 Å². The van der Waals surface area contributed by atoms with Crippen molar-refractivity contribution in [2.45, 2.75) is 76.2 Å². The molecule has 0 fully saturated rings. The molecule has 0 saturated carbocycles. The third-order valence-corrected chi connectivity index (χ3v) is 11.4. The molecule has 13 N–H and O–H groups in total. The first kappa shape index (κ1) is 52.2. The number of phenolic OH excluding ortho intramolecular Hbond substituents is 1. The molecule has 4 bridgehead atoms. The lowest BCUT2D eigenvalue weighted by atomic mass is 9.87. The van der Waals surface area contributed by atoms with Gasteiger partial charge in [-0.3, -0.25) is 19.2 Å². The smallest absolute Gasteiger partial charge is 0.326 e. The number of fused-ring (bicyclic) bond motifs is 5. The molecule has 0 unspecified atom stereocenters. The fourth-order valence-electron chi connectivity index (χ4n) is 7.03. The SMILES string of the molecule is C[C@@H]1NC(=O)[C@@H](N(C)C(=O)[C@H](CNS(N)(=O)=O)NC(=O)c2cnc(-c3ccc(C(C)(C)C)cc3)nc2)c2cc(OC[C@H](O)CN)c(O)c(c2)-c2cc(ccc2OCCCN)C[C@@H](C(=O)O)NC1=O. The third-order valence-electron chi connectivity index (χ3n) is 10.9. The van der Waals surface area contributed by atoms with Gasteiger partial charge in [0.15, 0.2) is 17.3 Å². The average molecular weight is 963 g/mol. The van der Waals surface area contributed by atoms with E-state index in [0.717, 1.165) is 17.5 Å². The van der Waals surface area contributed by atoms with Crippen molar-refractivity contribution in [3.8, 4) is 39.8 Å². The number of nitrogens with zero attached hydrogens (tertiary/aromatic N) is 3. The van der Waals surface area contributed by atoms with Crippen LogP contribution in [-0.2, 0) is 41.2 Å². The number of carboxylic acids is 1. The standard InChI is InChI=1S/C45H58N10O12S/c1-24-40(58)53-33(44(62)63)16-25-7-12-35(66-14-6-13-46)31(15-25)32-17-27(18-36(38(32)57)67-23-30(56)19-47)37(42(60)52-24)55(5)43(61)34(22-51-68(48,64)65)54-41(59)28-20-49-39(50-21-28)26-8-10-29(11-9-26)45(2,3)4/h7-12,15,17-18,20-21,24,30,33-34,37,51,56-57H,6,13-14,16,19,22-23,46-47H2,1-5H3,(H,52,60)(H,53,58)(H,54,59)(H,62,63)(H2,48,64,65)/t24-,30+,33-,34-,37-/m0/s1. The van der Waals surface area contributed by atoms with Crippen LogP contribution < -0.4 is 46.8 Å². The molecule has 4 amide bonds. The van der Waals surface area contributed by atoms with Crippen LogP contribution in [-0.4, -0.2) is 132 Å². The van der Waals surface area contributed by atoms with Crippen LogP contribution in [0.2, 0.25) is 0 Å². The minimum Gasteiger partial charge on any atom is -0.504 e. The first-order chi connectivity index (χ1) is 32.0. The van der Waals surface area contributed by atoms with Crippen molar-refractivity contribution in [1.29, 1.82) is 0 Å². The number of carbonyl (C=O) groups excluding carboxylic acids is 4. The van der Waals surface area contributed by atoms with E-state index in [2.05, 4.69) is 46.7 Å². The summed E-state index contributed by atoms with van der Waals surface area (Å²) in [4.78, 5) is 78.5. The summed E-state index contributed by atoms with van der Waals surface area (Å²) in [6.07, 6.45) is 1.38. The number of aliphatic carboxylic acids is 1. The number of carboxylic acid groups (broad SMARTS) is 1. The van der Waals surface area contributed by atoms with Gasteiger partial charge in [-0.1, -0.05) is 51.1 Å². The molecule has 68 heavy (non-hydrogen) atoms. The number of nitrogens with one attached hydrogen (secondary N) is 4. The lowest BCUT2D eigenvalue weighted by Crippen LogP contribution is -2.57. The zero-order chi connectivity index (χ0) is 50.1. The molecule has 1 aliphatic rings. The highest BCUT2D eigenvalue weighted by atomic mass is 32.2. The minimum atomic E-state index is -4.48. The number of nitrogens with two attached hydrogens (primary N) is 3. The highest BCUT2D eigenvalue weighted by molar-refractivity contribution is 7.87. The van der Waals surface area contributed by atoms with Crippen molar-refractivity contribution in [3.05, 3.63) is 89.2 Å². The van der Waals surface area contributed by atoms with Crippen molar-refractivity contribution in [1.82, 2.24) is 35.5 Å². The van der Waals surface area contributed by atoms with Gasteiger partial charge in [0.05, 0.1) is 12.2 Å². The van der Waals surface area contributed by atoms with Gasteiger partial charge in [-0.15, -0.1) is 0 Å². The number of likely N-dealkylation sites (N-methyl/N-ethyl adjacent to an activating group) is 1. The molecule has 0 saturated heterocycles. The normalized spacial score (nSPS) is 17.4. The number of carbonyl (C=O) groups is 5. The van der Waals surface area contributed by atoms with Crippen LogP contribution in [0.5, 0.6) is 17.2 Å². The van der Waals surface area contributed by atoms with Gasteiger partial charge in [0.2, 0.25) is 17.7 Å². The highest BCUT2D eigenvalue weighted by Crippen LogP contribution is 2.45. The van der Waals surface area contributed by atoms with Crippen molar-refractivity contribution in [2.75, 3.05) is 39.9 Å². The van der Waals surface area contributed by atoms with Crippen molar-refractivity contribution in [3.63, 3.8) is 0 Å². The quantitative estimate of drug-likeness (QED) is 0.0621. The molecule has 1 aliphatic heterocycles. The lowest BCUT2D eigenvalue weighted by molar-refractivity contribution is -0.143. The molecule has 0 aliphatic carbocycles. The average Bonchev–Trinajstić information content (AvgIpc) is 3.29. The van der Waals surface area contributed by atoms with Gasteiger partial charge in [-0.2, -0.15) is 13.1 Å². The van der Waals surface area contributed by atoms with E-state index in [4.69, 9.17) is 26.1 Å². The Labute approximate surface area is 393 Å². The number of rotatable bonds is 17. The van der Waals surface area contributed by atoms with E-state index in [1.807, 2.05) is 29.0 Å². The second-order valence-corrected chi connectivity index (χ2v) is 18.5. The summed E-state index contributed by atoms with van der Waals surface area (Å²) >= 11 is 0. The molecule has 4 aromatic rings.